The molecule has 0 saturated heterocycles. The van der Waals surface area contributed by atoms with E-state index < -0.39 is 5.63 Å². The summed E-state index contributed by atoms with van der Waals surface area (Å²) in [5.74, 6) is 0.259. The largest absolute Gasteiger partial charge is 0.497 e. The Hall–Kier alpha value is -2.40. The number of ether oxygens (including phenoxy) is 1. The second-order valence-electron chi connectivity index (χ2n) is 4.69. The molecule has 0 radical (unpaired) electrons. The molecule has 1 heterocycles. The van der Waals surface area contributed by atoms with Crippen LogP contribution in [-0.4, -0.2) is 12.9 Å². The quantitative estimate of drug-likeness (QED) is 0.527. The van der Waals surface area contributed by atoms with Gasteiger partial charge in [-0.1, -0.05) is 15.9 Å². The minimum Gasteiger partial charge on any atom is -0.497 e. The van der Waals surface area contributed by atoms with E-state index in [1.165, 1.54) is 6.07 Å². The first-order valence-corrected chi connectivity index (χ1v) is 7.30. The maximum absolute atomic E-state index is 12.5. The molecule has 0 atom stereocenters. The number of carbonyl (C=O) groups excluding carboxylic acids is 1. The maximum atomic E-state index is 12.5. The van der Waals surface area contributed by atoms with Gasteiger partial charge in [-0.15, -0.1) is 0 Å². The van der Waals surface area contributed by atoms with Crippen LogP contribution in [0.4, 0.5) is 0 Å². The number of hydrogen-bond acceptors (Lipinski definition) is 4. The first-order chi connectivity index (χ1) is 10.6. The molecule has 0 fully saturated rings. The summed E-state index contributed by atoms with van der Waals surface area (Å²) in [6, 6.07) is 13.4. The summed E-state index contributed by atoms with van der Waals surface area (Å²) in [6.07, 6.45) is 0. The molecule has 0 saturated carbocycles. The highest BCUT2D eigenvalue weighted by Crippen LogP contribution is 2.21. The highest BCUT2D eigenvalue weighted by Gasteiger charge is 2.16. The van der Waals surface area contributed by atoms with Gasteiger partial charge in [0, 0.05) is 15.4 Å². The molecule has 0 amide bonds. The van der Waals surface area contributed by atoms with Gasteiger partial charge in [0.25, 0.3) is 0 Å². The molecule has 0 N–H and O–H groups in total. The molecule has 0 bridgehead atoms. The molecule has 1 aromatic heterocycles. The van der Waals surface area contributed by atoms with Crippen LogP contribution in [-0.2, 0) is 0 Å². The zero-order valence-electron chi connectivity index (χ0n) is 11.6. The average molecular weight is 359 g/mol. The molecule has 0 spiro atoms. The van der Waals surface area contributed by atoms with Gasteiger partial charge in [-0.05, 0) is 48.5 Å². The number of benzene rings is 2. The van der Waals surface area contributed by atoms with Crippen molar-refractivity contribution >= 4 is 32.7 Å². The van der Waals surface area contributed by atoms with Gasteiger partial charge in [0.1, 0.15) is 16.9 Å². The molecule has 3 rings (SSSR count). The summed E-state index contributed by atoms with van der Waals surface area (Å²) in [6.45, 7) is 0. The third-order valence-corrected chi connectivity index (χ3v) is 3.82. The van der Waals surface area contributed by atoms with E-state index >= 15 is 0 Å². The van der Waals surface area contributed by atoms with Crippen molar-refractivity contribution in [2.75, 3.05) is 7.11 Å². The Morgan fingerprint density at radius 1 is 1.09 bits per heavy atom. The summed E-state index contributed by atoms with van der Waals surface area (Å²) in [5, 5.41) is 0.638. The normalized spacial score (nSPS) is 10.6. The lowest BCUT2D eigenvalue weighted by molar-refractivity contribution is 0.103. The minimum absolute atomic E-state index is 0.00285. The van der Waals surface area contributed by atoms with E-state index in [9.17, 15) is 9.59 Å². The molecule has 4 nitrogen and oxygen atoms in total. The van der Waals surface area contributed by atoms with Crippen LogP contribution in [0.15, 0.2) is 62.2 Å². The van der Waals surface area contributed by atoms with E-state index in [-0.39, 0.29) is 11.3 Å². The first kappa shape index (κ1) is 14.5. The zero-order chi connectivity index (χ0) is 15.7. The van der Waals surface area contributed by atoms with Crippen LogP contribution < -0.4 is 10.4 Å². The fourth-order valence-electron chi connectivity index (χ4n) is 2.14. The Kier molecular flexibility index (Phi) is 3.81. The van der Waals surface area contributed by atoms with Gasteiger partial charge in [-0.25, -0.2) is 4.79 Å². The van der Waals surface area contributed by atoms with Crippen molar-refractivity contribution in [2.45, 2.75) is 0 Å². The van der Waals surface area contributed by atoms with Crippen LogP contribution in [0, 0.1) is 0 Å². The Labute approximate surface area is 134 Å². The molecule has 0 aliphatic carbocycles. The highest BCUT2D eigenvalue weighted by atomic mass is 79.9. The van der Waals surface area contributed by atoms with Crippen LogP contribution in [0.2, 0.25) is 0 Å². The van der Waals surface area contributed by atoms with Crippen LogP contribution in [0.3, 0.4) is 0 Å². The lowest BCUT2D eigenvalue weighted by Gasteiger charge is -2.04. The predicted molar refractivity (Wildman–Crippen MR) is 86.6 cm³/mol. The molecule has 3 aromatic rings. The number of methoxy groups -OCH3 is 1. The number of carbonyl (C=O) groups is 1. The first-order valence-electron chi connectivity index (χ1n) is 6.50. The molecule has 0 unspecified atom stereocenters. The van der Waals surface area contributed by atoms with Crippen LogP contribution in [0.1, 0.15) is 15.9 Å². The lowest BCUT2D eigenvalue weighted by atomic mass is 10.0. The third kappa shape index (κ3) is 2.67. The standard InChI is InChI=1S/C17H11BrO4/c1-21-13-6-7-15-11(8-13)9-14(17(20)22-15)16(19)10-2-4-12(18)5-3-10/h2-9H,1H3. The fourth-order valence-corrected chi connectivity index (χ4v) is 2.41. The summed E-state index contributed by atoms with van der Waals surface area (Å²) >= 11 is 3.31. The summed E-state index contributed by atoms with van der Waals surface area (Å²) in [4.78, 5) is 24.5. The van der Waals surface area contributed by atoms with E-state index in [0.717, 1.165) is 4.47 Å². The van der Waals surface area contributed by atoms with Crippen LogP contribution >= 0.6 is 15.9 Å². The number of ketones is 1. The Balaban J connectivity index is 2.13. The van der Waals surface area contributed by atoms with Gasteiger partial charge in [-0.3, -0.25) is 4.79 Å². The van der Waals surface area contributed by atoms with Gasteiger partial charge in [0.15, 0.2) is 5.78 Å². The van der Waals surface area contributed by atoms with Crippen molar-refractivity contribution in [3.05, 3.63) is 74.6 Å². The monoisotopic (exact) mass is 358 g/mol. The third-order valence-electron chi connectivity index (χ3n) is 3.29. The smallest absolute Gasteiger partial charge is 0.347 e. The molecule has 0 aliphatic rings. The second kappa shape index (κ2) is 5.77. The number of fused-ring (bicyclic) bond motifs is 1. The number of hydrogen-bond donors (Lipinski definition) is 0. The van der Waals surface area contributed by atoms with E-state index in [4.69, 9.17) is 9.15 Å². The number of rotatable bonds is 3. The number of halogens is 1. The Morgan fingerprint density at radius 3 is 2.50 bits per heavy atom. The van der Waals surface area contributed by atoms with E-state index in [0.29, 0.717) is 22.3 Å². The molecule has 0 aliphatic heterocycles. The topological polar surface area (TPSA) is 56.5 Å². The van der Waals surface area contributed by atoms with Gasteiger partial charge in [0.05, 0.1) is 7.11 Å². The van der Waals surface area contributed by atoms with Crippen molar-refractivity contribution in [1.82, 2.24) is 0 Å². The predicted octanol–water partition coefficient (Wildman–Crippen LogP) is 3.80. The molecule has 2 aromatic carbocycles. The van der Waals surface area contributed by atoms with Crippen LogP contribution in [0.25, 0.3) is 11.0 Å². The van der Waals surface area contributed by atoms with Crippen molar-refractivity contribution in [3.8, 4) is 5.75 Å². The summed E-state index contributed by atoms with van der Waals surface area (Å²) in [7, 11) is 1.55. The Bertz CT molecular complexity index is 910. The van der Waals surface area contributed by atoms with Gasteiger partial charge >= 0.3 is 5.63 Å². The minimum atomic E-state index is -0.648. The fraction of sp³-hybridized carbons (Fsp3) is 0.0588. The van der Waals surface area contributed by atoms with E-state index in [1.54, 1.807) is 49.6 Å². The summed E-state index contributed by atoms with van der Waals surface area (Å²) < 4.78 is 11.2. The van der Waals surface area contributed by atoms with Crippen LogP contribution in [0.5, 0.6) is 5.75 Å². The molecule has 110 valence electrons. The van der Waals surface area contributed by atoms with Gasteiger partial charge < -0.3 is 9.15 Å². The van der Waals surface area contributed by atoms with Crippen molar-refractivity contribution in [1.29, 1.82) is 0 Å². The van der Waals surface area contributed by atoms with Gasteiger partial charge in [0.2, 0.25) is 0 Å². The Morgan fingerprint density at radius 2 is 1.82 bits per heavy atom. The van der Waals surface area contributed by atoms with Crippen molar-refractivity contribution in [3.63, 3.8) is 0 Å². The van der Waals surface area contributed by atoms with Crippen molar-refractivity contribution < 1.29 is 13.9 Å². The molecule has 22 heavy (non-hydrogen) atoms. The lowest BCUT2D eigenvalue weighted by Crippen LogP contribution is -2.14. The van der Waals surface area contributed by atoms with Gasteiger partial charge in [-0.2, -0.15) is 0 Å². The zero-order valence-corrected chi connectivity index (χ0v) is 13.2. The molecular weight excluding hydrogens is 348 g/mol. The van der Waals surface area contributed by atoms with Crippen molar-refractivity contribution in [2.24, 2.45) is 0 Å². The summed E-state index contributed by atoms with van der Waals surface area (Å²) in [5.41, 5.74) is 0.199. The van der Waals surface area contributed by atoms with E-state index in [2.05, 4.69) is 15.9 Å². The maximum Gasteiger partial charge on any atom is 0.347 e. The molecule has 5 heteroatoms. The second-order valence-corrected chi connectivity index (χ2v) is 5.60. The van der Waals surface area contributed by atoms with E-state index in [1.807, 2.05) is 0 Å². The highest BCUT2D eigenvalue weighted by molar-refractivity contribution is 9.10. The average Bonchev–Trinajstić information content (AvgIpc) is 2.54. The SMILES string of the molecule is COc1ccc2oc(=O)c(C(=O)c3ccc(Br)cc3)cc2c1. The molecular formula is C17H11BrO4.